The SMILES string of the molecule is CS(=O)(=O)N(CC(=O)NCc1ccc(CN2CCCC2)cc1)c1ccc(Br)cc1. The van der Waals surface area contributed by atoms with Crippen molar-refractivity contribution in [1.82, 2.24) is 10.2 Å². The second-order valence-corrected chi connectivity index (χ2v) is 10.1. The van der Waals surface area contributed by atoms with E-state index in [0.717, 1.165) is 40.2 Å². The van der Waals surface area contributed by atoms with Gasteiger partial charge in [-0.05, 0) is 61.3 Å². The number of hydrogen-bond acceptors (Lipinski definition) is 4. The highest BCUT2D eigenvalue weighted by Gasteiger charge is 2.20. The Labute approximate surface area is 181 Å². The molecule has 1 fully saturated rings. The molecule has 156 valence electrons. The Balaban J connectivity index is 1.55. The lowest BCUT2D eigenvalue weighted by Gasteiger charge is -2.22. The minimum absolute atomic E-state index is 0.256. The highest BCUT2D eigenvalue weighted by molar-refractivity contribution is 9.10. The Morgan fingerprint density at radius 3 is 2.21 bits per heavy atom. The summed E-state index contributed by atoms with van der Waals surface area (Å²) >= 11 is 3.33. The van der Waals surface area contributed by atoms with Crippen LogP contribution in [0.3, 0.4) is 0 Å². The molecule has 29 heavy (non-hydrogen) atoms. The number of amides is 1. The zero-order valence-electron chi connectivity index (χ0n) is 16.5. The van der Waals surface area contributed by atoms with Crippen LogP contribution in [0, 0.1) is 0 Å². The van der Waals surface area contributed by atoms with Crippen LogP contribution in [0.1, 0.15) is 24.0 Å². The topological polar surface area (TPSA) is 69.7 Å². The monoisotopic (exact) mass is 479 g/mol. The summed E-state index contributed by atoms with van der Waals surface area (Å²) in [4.78, 5) is 14.8. The standard InChI is InChI=1S/C21H26BrN3O3S/c1-29(27,28)25(20-10-8-19(22)9-11-20)16-21(26)23-14-17-4-6-18(7-5-17)15-24-12-2-3-13-24/h4-11H,2-3,12-16H2,1H3,(H,23,26). The van der Waals surface area contributed by atoms with Crippen LogP contribution >= 0.6 is 15.9 Å². The third-order valence-corrected chi connectivity index (χ3v) is 6.59. The van der Waals surface area contributed by atoms with Crippen molar-refractivity contribution in [3.8, 4) is 0 Å². The van der Waals surface area contributed by atoms with E-state index in [1.54, 1.807) is 24.3 Å². The van der Waals surface area contributed by atoms with Gasteiger partial charge in [0, 0.05) is 17.6 Å². The van der Waals surface area contributed by atoms with Crippen molar-refractivity contribution in [1.29, 1.82) is 0 Å². The molecule has 1 N–H and O–H groups in total. The normalized spacial score (nSPS) is 14.7. The summed E-state index contributed by atoms with van der Waals surface area (Å²) in [5.74, 6) is -0.348. The van der Waals surface area contributed by atoms with Gasteiger partial charge in [0.1, 0.15) is 6.54 Å². The lowest BCUT2D eigenvalue weighted by molar-refractivity contribution is -0.119. The van der Waals surface area contributed by atoms with Crippen LogP contribution in [-0.2, 0) is 27.9 Å². The Bertz CT molecular complexity index is 925. The zero-order valence-corrected chi connectivity index (χ0v) is 18.9. The molecule has 2 aromatic carbocycles. The van der Waals surface area contributed by atoms with Gasteiger partial charge in [-0.2, -0.15) is 0 Å². The number of anilines is 1. The van der Waals surface area contributed by atoms with Crippen LogP contribution in [0.25, 0.3) is 0 Å². The van der Waals surface area contributed by atoms with Gasteiger partial charge in [-0.3, -0.25) is 14.0 Å². The Kier molecular flexibility index (Phi) is 7.32. The largest absolute Gasteiger partial charge is 0.350 e. The smallest absolute Gasteiger partial charge is 0.241 e. The van der Waals surface area contributed by atoms with Crippen LogP contribution < -0.4 is 9.62 Å². The molecule has 1 heterocycles. The molecule has 0 spiro atoms. The predicted octanol–water partition coefficient (Wildman–Crippen LogP) is 3.13. The van der Waals surface area contributed by atoms with E-state index in [9.17, 15) is 13.2 Å². The van der Waals surface area contributed by atoms with E-state index in [0.29, 0.717) is 12.2 Å². The number of sulfonamides is 1. The van der Waals surface area contributed by atoms with Gasteiger partial charge in [0.15, 0.2) is 0 Å². The van der Waals surface area contributed by atoms with E-state index < -0.39 is 10.0 Å². The fourth-order valence-electron chi connectivity index (χ4n) is 3.36. The van der Waals surface area contributed by atoms with Gasteiger partial charge in [-0.15, -0.1) is 0 Å². The third-order valence-electron chi connectivity index (χ3n) is 4.92. The maximum absolute atomic E-state index is 12.4. The number of likely N-dealkylation sites (tertiary alicyclic amines) is 1. The van der Waals surface area contributed by atoms with Gasteiger partial charge in [0.25, 0.3) is 0 Å². The molecule has 6 nitrogen and oxygen atoms in total. The van der Waals surface area contributed by atoms with Gasteiger partial charge in [0.2, 0.25) is 15.9 Å². The number of benzene rings is 2. The van der Waals surface area contributed by atoms with Gasteiger partial charge < -0.3 is 5.32 Å². The van der Waals surface area contributed by atoms with Gasteiger partial charge >= 0.3 is 0 Å². The summed E-state index contributed by atoms with van der Waals surface area (Å²) in [6.45, 7) is 3.39. The molecule has 0 unspecified atom stereocenters. The van der Waals surface area contributed by atoms with E-state index in [4.69, 9.17) is 0 Å². The first-order valence-corrected chi connectivity index (χ1v) is 12.3. The molecule has 0 saturated carbocycles. The summed E-state index contributed by atoms with van der Waals surface area (Å²) in [5, 5.41) is 2.81. The third kappa shape index (κ3) is 6.55. The quantitative estimate of drug-likeness (QED) is 0.631. The molecule has 1 aliphatic rings. The molecule has 0 aliphatic carbocycles. The molecule has 0 bridgehead atoms. The van der Waals surface area contributed by atoms with Crippen LogP contribution in [-0.4, -0.2) is 45.1 Å². The maximum Gasteiger partial charge on any atom is 0.241 e. The summed E-state index contributed by atoms with van der Waals surface area (Å²) in [7, 11) is -3.57. The van der Waals surface area contributed by atoms with E-state index in [1.165, 1.54) is 18.4 Å². The number of hydrogen-bond donors (Lipinski definition) is 1. The minimum Gasteiger partial charge on any atom is -0.350 e. The molecular formula is C21H26BrN3O3S. The van der Waals surface area contributed by atoms with E-state index in [-0.39, 0.29) is 12.5 Å². The second kappa shape index (κ2) is 9.73. The number of nitrogens with zero attached hydrogens (tertiary/aromatic N) is 2. The van der Waals surface area contributed by atoms with Crippen LogP contribution in [0.15, 0.2) is 53.0 Å². The first-order chi connectivity index (χ1) is 13.8. The van der Waals surface area contributed by atoms with Crippen LogP contribution in [0.4, 0.5) is 5.69 Å². The van der Waals surface area contributed by atoms with Crippen molar-refractivity contribution in [2.75, 3.05) is 30.2 Å². The van der Waals surface area contributed by atoms with Crippen molar-refractivity contribution in [2.45, 2.75) is 25.9 Å². The highest BCUT2D eigenvalue weighted by atomic mass is 79.9. The summed E-state index contributed by atoms with van der Waals surface area (Å²) in [6.07, 6.45) is 3.64. The molecular weight excluding hydrogens is 454 g/mol. The number of carbonyl (C=O) groups is 1. The summed E-state index contributed by atoms with van der Waals surface area (Å²) in [5.41, 5.74) is 2.70. The zero-order chi connectivity index (χ0) is 20.9. The Morgan fingerprint density at radius 1 is 1.03 bits per heavy atom. The number of carbonyl (C=O) groups excluding carboxylic acids is 1. The molecule has 3 rings (SSSR count). The fourth-order valence-corrected chi connectivity index (χ4v) is 4.48. The molecule has 0 aromatic heterocycles. The molecule has 2 aromatic rings. The van der Waals surface area contributed by atoms with Crippen LogP contribution in [0.2, 0.25) is 0 Å². The first-order valence-electron chi connectivity index (χ1n) is 9.61. The summed E-state index contributed by atoms with van der Waals surface area (Å²) < 4.78 is 26.2. The Hall–Kier alpha value is -1.90. The molecule has 1 aliphatic heterocycles. The fraction of sp³-hybridized carbons (Fsp3) is 0.381. The number of halogens is 1. The van der Waals surface area contributed by atoms with E-state index >= 15 is 0 Å². The summed E-state index contributed by atoms with van der Waals surface area (Å²) in [6, 6.07) is 15.0. The predicted molar refractivity (Wildman–Crippen MR) is 119 cm³/mol. The van der Waals surface area contributed by atoms with Crippen molar-refractivity contribution < 1.29 is 13.2 Å². The molecule has 1 saturated heterocycles. The van der Waals surface area contributed by atoms with E-state index in [2.05, 4.69) is 38.3 Å². The van der Waals surface area contributed by atoms with Gasteiger partial charge in [0.05, 0.1) is 11.9 Å². The lowest BCUT2D eigenvalue weighted by Crippen LogP contribution is -2.40. The lowest BCUT2D eigenvalue weighted by atomic mass is 10.1. The Morgan fingerprint density at radius 2 is 1.62 bits per heavy atom. The average molecular weight is 480 g/mol. The minimum atomic E-state index is -3.57. The van der Waals surface area contributed by atoms with Crippen LogP contribution in [0.5, 0.6) is 0 Å². The number of rotatable bonds is 8. The van der Waals surface area contributed by atoms with Crippen molar-refractivity contribution in [3.05, 3.63) is 64.1 Å². The molecule has 0 atom stereocenters. The second-order valence-electron chi connectivity index (χ2n) is 7.32. The highest BCUT2D eigenvalue weighted by Crippen LogP contribution is 2.20. The van der Waals surface area contributed by atoms with Crippen molar-refractivity contribution in [3.63, 3.8) is 0 Å². The molecule has 1 amide bonds. The maximum atomic E-state index is 12.4. The molecule has 0 radical (unpaired) electrons. The van der Waals surface area contributed by atoms with Gasteiger partial charge in [-0.25, -0.2) is 8.42 Å². The van der Waals surface area contributed by atoms with Crippen molar-refractivity contribution in [2.24, 2.45) is 0 Å². The van der Waals surface area contributed by atoms with E-state index in [1.807, 2.05) is 12.1 Å². The first kappa shape index (κ1) is 21.8. The number of nitrogens with one attached hydrogen (secondary N) is 1. The average Bonchev–Trinajstić information content (AvgIpc) is 3.19. The molecule has 8 heteroatoms. The van der Waals surface area contributed by atoms with Gasteiger partial charge in [-0.1, -0.05) is 40.2 Å². The van der Waals surface area contributed by atoms with Crippen molar-refractivity contribution >= 4 is 37.5 Å².